The zero-order chi connectivity index (χ0) is 17.9. The number of likely N-dealkylation sites (tertiary alicyclic amines) is 1. The van der Waals surface area contributed by atoms with Gasteiger partial charge in [0.2, 0.25) is 15.9 Å². The first-order chi connectivity index (χ1) is 11.9. The first-order valence-electron chi connectivity index (χ1n) is 8.89. The quantitative estimate of drug-likeness (QED) is 0.814. The van der Waals surface area contributed by atoms with Gasteiger partial charge in [0, 0.05) is 44.9 Å². The molecule has 1 aromatic rings. The van der Waals surface area contributed by atoms with Crippen LogP contribution in [0.2, 0.25) is 0 Å². The minimum atomic E-state index is -3.15. The highest BCUT2D eigenvalue weighted by Gasteiger charge is 2.33. The van der Waals surface area contributed by atoms with Gasteiger partial charge >= 0.3 is 0 Å². The summed E-state index contributed by atoms with van der Waals surface area (Å²) in [6, 6.07) is 9.77. The fourth-order valence-corrected chi connectivity index (χ4v) is 4.45. The number of piperidine rings is 2. The number of carbonyl (C=O) groups is 1. The largest absolute Gasteiger partial charge is 0.490 e. The van der Waals surface area contributed by atoms with Crippen LogP contribution in [0, 0.1) is 5.92 Å². The van der Waals surface area contributed by atoms with Crippen LogP contribution in [0.15, 0.2) is 30.3 Å². The molecule has 3 rings (SSSR count). The van der Waals surface area contributed by atoms with Gasteiger partial charge in [-0.2, -0.15) is 0 Å². The van der Waals surface area contributed by atoms with Crippen LogP contribution in [0.3, 0.4) is 0 Å². The van der Waals surface area contributed by atoms with Gasteiger partial charge in [-0.05, 0) is 25.0 Å². The third-order valence-corrected chi connectivity index (χ3v) is 6.37. The maximum atomic E-state index is 12.7. The maximum absolute atomic E-state index is 12.7. The van der Waals surface area contributed by atoms with Crippen LogP contribution >= 0.6 is 0 Å². The lowest BCUT2D eigenvalue weighted by molar-refractivity contribution is -0.138. The number of hydrogen-bond acceptors (Lipinski definition) is 4. The number of ether oxygens (including phenoxy) is 1. The zero-order valence-electron chi connectivity index (χ0n) is 14.6. The molecule has 0 unspecified atom stereocenters. The van der Waals surface area contributed by atoms with E-state index in [0.29, 0.717) is 39.0 Å². The number of para-hydroxylation sites is 1. The average molecular weight is 366 g/mol. The third kappa shape index (κ3) is 4.73. The Morgan fingerprint density at radius 3 is 2.16 bits per heavy atom. The Labute approximate surface area is 149 Å². The van der Waals surface area contributed by atoms with Gasteiger partial charge in [-0.3, -0.25) is 4.79 Å². The Bertz CT molecular complexity index is 676. The van der Waals surface area contributed by atoms with Crippen LogP contribution in [-0.2, 0) is 14.8 Å². The summed E-state index contributed by atoms with van der Waals surface area (Å²) < 4.78 is 30.6. The summed E-state index contributed by atoms with van der Waals surface area (Å²) in [6.07, 6.45) is 4.29. The molecule has 2 aliphatic rings. The van der Waals surface area contributed by atoms with Crippen LogP contribution in [0.1, 0.15) is 25.7 Å². The molecule has 0 N–H and O–H groups in total. The van der Waals surface area contributed by atoms with E-state index >= 15 is 0 Å². The predicted molar refractivity (Wildman–Crippen MR) is 95.8 cm³/mol. The molecule has 0 saturated carbocycles. The van der Waals surface area contributed by atoms with E-state index in [1.54, 1.807) is 0 Å². The van der Waals surface area contributed by atoms with Crippen molar-refractivity contribution in [1.82, 2.24) is 9.21 Å². The highest BCUT2D eigenvalue weighted by Crippen LogP contribution is 2.24. The summed E-state index contributed by atoms with van der Waals surface area (Å²) >= 11 is 0. The molecule has 0 radical (unpaired) electrons. The van der Waals surface area contributed by atoms with E-state index in [9.17, 15) is 13.2 Å². The molecule has 1 aromatic carbocycles. The minimum absolute atomic E-state index is 0.0513. The number of nitrogens with zero attached hydrogens (tertiary/aromatic N) is 2. The van der Waals surface area contributed by atoms with Gasteiger partial charge in [-0.15, -0.1) is 0 Å². The fraction of sp³-hybridized carbons (Fsp3) is 0.611. The first kappa shape index (κ1) is 18.2. The molecule has 0 bridgehead atoms. The van der Waals surface area contributed by atoms with Crippen molar-refractivity contribution in [2.75, 3.05) is 32.4 Å². The number of amides is 1. The van der Waals surface area contributed by atoms with Crippen LogP contribution in [0.5, 0.6) is 5.75 Å². The molecule has 0 spiro atoms. The lowest BCUT2D eigenvalue weighted by Gasteiger charge is -2.36. The summed E-state index contributed by atoms with van der Waals surface area (Å²) in [4.78, 5) is 14.6. The summed E-state index contributed by atoms with van der Waals surface area (Å²) in [5, 5.41) is 0. The molecule has 0 aromatic heterocycles. The Morgan fingerprint density at radius 1 is 1.00 bits per heavy atom. The number of sulfonamides is 1. The summed E-state index contributed by atoms with van der Waals surface area (Å²) in [7, 11) is -3.15. The third-order valence-electron chi connectivity index (χ3n) is 5.07. The van der Waals surface area contributed by atoms with Crippen molar-refractivity contribution in [1.29, 1.82) is 0 Å². The normalized spacial score (nSPS) is 21.2. The second-order valence-electron chi connectivity index (χ2n) is 6.89. The number of rotatable bonds is 4. The highest BCUT2D eigenvalue weighted by molar-refractivity contribution is 7.88. The SMILES string of the molecule is CS(=O)(=O)N1CCC(C(=O)N2CCC(Oc3ccccc3)CC2)CC1. The Kier molecular flexibility index (Phi) is 5.64. The molecule has 1 amide bonds. The number of hydrogen-bond donors (Lipinski definition) is 0. The second-order valence-corrected chi connectivity index (χ2v) is 8.87. The molecular formula is C18H26N2O4S. The standard InChI is InChI=1S/C18H26N2O4S/c1-25(22,23)20-13-7-15(8-14-20)18(21)19-11-9-17(10-12-19)24-16-5-3-2-4-6-16/h2-6,15,17H,7-14H2,1H3. The Morgan fingerprint density at radius 2 is 1.60 bits per heavy atom. The molecule has 2 aliphatic heterocycles. The summed E-state index contributed by atoms with van der Waals surface area (Å²) in [5.74, 6) is 0.997. The van der Waals surface area contributed by atoms with Crippen molar-refractivity contribution in [3.8, 4) is 5.75 Å². The van der Waals surface area contributed by atoms with Crippen LogP contribution < -0.4 is 4.74 Å². The van der Waals surface area contributed by atoms with Crippen LogP contribution in [0.25, 0.3) is 0 Å². The van der Waals surface area contributed by atoms with Gasteiger partial charge in [-0.25, -0.2) is 12.7 Å². The van der Waals surface area contributed by atoms with E-state index in [2.05, 4.69) is 0 Å². The molecule has 138 valence electrons. The monoisotopic (exact) mass is 366 g/mol. The molecule has 0 atom stereocenters. The Hall–Kier alpha value is -1.60. The topological polar surface area (TPSA) is 66.9 Å². The molecule has 2 fully saturated rings. The predicted octanol–water partition coefficient (Wildman–Crippen LogP) is 1.73. The fourth-order valence-electron chi connectivity index (χ4n) is 3.58. The van der Waals surface area contributed by atoms with Crippen LogP contribution in [-0.4, -0.2) is 62.1 Å². The lowest BCUT2D eigenvalue weighted by atomic mass is 9.95. The molecule has 25 heavy (non-hydrogen) atoms. The molecular weight excluding hydrogens is 340 g/mol. The van der Waals surface area contributed by atoms with E-state index in [0.717, 1.165) is 18.6 Å². The smallest absolute Gasteiger partial charge is 0.225 e. The Balaban J connectivity index is 1.46. The zero-order valence-corrected chi connectivity index (χ0v) is 15.5. The van der Waals surface area contributed by atoms with Gasteiger partial charge in [-0.1, -0.05) is 18.2 Å². The van der Waals surface area contributed by atoms with E-state index in [-0.39, 0.29) is 17.9 Å². The number of benzene rings is 1. The van der Waals surface area contributed by atoms with E-state index < -0.39 is 10.0 Å². The summed E-state index contributed by atoms with van der Waals surface area (Å²) in [5.41, 5.74) is 0. The van der Waals surface area contributed by atoms with Crippen LogP contribution in [0.4, 0.5) is 0 Å². The van der Waals surface area contributed by atoms with Crippen molar-refractivity contribution in [3.63, 3.8) is 0 Å². The average Bonchev–Trinajstić information content (AvgIpc) is 2.62. The second kappa shape index (κ2) is 7.74. The van der Waals surface area contributed by atoms with Crippen molar-refractivity contribution in [2.45, 2.75) is 31.8 Å². The minimum Gasteiger partial charge on any atom is -0.490 e. The van der Waals surface area contributed by atoms with Gasteiger partial charge < -0.3 is 9.64 Å². The van der Waals surface area contributed by atoms with Gasteiger partial charge in [0.05, 0.1) is 6.26 Å². The molecule has 0 aliphatic carbocycles. The van der Waals surface area contributed by atoms with Gasteiger partial charge in [0.15, 0.2) is 0 Å². The van der Waals surface area contributed by atoms with Crippen molar-refractivity contribution in [2.24, 2.45) is 5.92 Å². The summed E-state index contributed by atoms with van der Waals surface area (Å²) in [6.45, 7) is 2.32. The van der Waals surface area contributed by atoms with Gasteiger partial charge in [0.25, 0.3) is 0 Å². The molecule has 2 saturated heterocycles. The maximum Gasteiger partial charge on any atom is 0.225 e. The highest BCUT2D eigenvalue weighted by atomic mass is 32.2. The lowest BCUT2D eigenvalue weighted by Crippen LogP contribution is -2.47. The number of carbonyl (C=O) groups excluding carboxylic acids is 1. The molecule has 7 heteroatoms. The molecule has 6 nitrogen and oxygen atoms in total. The first-order valence-corrected chi connectivity index (χ1v) is 10.7. The van der Waals surface area contributed by atoms with E-state index in [1.807, 2.05) is 35.2 Å². The van der Waals surface area contributed by atoms with E-state index in [1.165, 1.54) is 10.6 Å². The van der Waals surface area contributed by atoms with E-state index in [4.69, 9.17) is 4.74 Å². The van der Waals surface area contributed by atoms with Gasteiger partial charge in [0.1, 0.15) is 11.9 Å². The molecule has 2 heterocycles. The van der Waals surface area contributed by atoms with Crippen molar-refractivity contribution < 1.29 is 17.9 Å². The van der Waals surface area contributed by atoms with Crippen molar-refractivity contribution >= 4 is 15.9 Å². The van der Waals surface area contributed by atoms with Crippen molar-refractivity contribution in [3.05, 3.63) is 30.3 Å².